The second-order valence-corrected chi connectivity index (χ2v) is 7.16. The fraction of sp³-hybridized carbons (Fsp3) is 0.375. The Balaban J connectivity index is 2.00. The third kappa shape index (κ3) is 2.78. The number of nitrogens with zero attached hydrogens (tertiary/aromatic N) is 2. The standard InChI is InChI=1S/C16H18N2O2S/c1-16(2)8-9-18(10-16)15-17-12(13(21-15)14(19)20)11-6-4-3-5-7-11/h3-7H,8-10H2,1-2H3,(H,19,20). The Morgan fingerprint density at radius 1 is 1.33 bits per heavy atom. The molecule has 0 spiro atoms. The molecule has 0 saturated carbocycles. The van der Waals surface area contributed by atoms with E-state index in [2.05, 4.69) is 23.7 Å². The lowest BCUT2D eigenvalue weighted by atomic mass is 9.93. The van der Waals surface area contributed by atoms with Crippen LogP contribution in [0.5, 0.6) is 0 Å². The molecule has 0 radical (unpaired) electrons. The molecule has 2 heterocycles. The number of carboxylic acids is 1. The summed E-state index contributed by atoms with van der Waals surface area (Å²) in [6, 6.07) is 9.52. The van der Waals surface area contributed by atoms with Crippen molar-refractivity contribution in [3.05, 3.63) is 35.2 Å². The van der Waals surface area contributed by atoms with E-state index < -0.39 is 5.97 Å². The second kappa shape index (κ2) is 5.15. The van der Waals surface area contributed by atoms with Gasteiger partial charge in [0.05, 0.1) is 5.69 Å². The van der Waals surface area contributed by atoms with Gasteiger partial charge in [-0.05, 0) is 11.8 Å². The summed E-state index contributed by atoms with van der Waals surface area (Å²) in [6.45, 7) is 6.33. The molecule has 0 unspecified atom stereocenters. The zero-order chi connectivity index (χ0) is 15.0. The molecule has 0 amide bonds. The van der Waals surface area contributed by atoms with Gasteiger partial charge in [0.2, 0.25) is 0 Å². The third-order valence-electron chi connectivity index (χ3n) is 3.81. The van der Waals surface area contributed by atoms with Crippen LogP contribution in [0.15, 0.2) is 30.3 Å². The predicted molar refractivity (Wildman–Crippen MR) is 85.1 cm³/mol. The summed E-state index contributed by atoms with van der Waals surface area (Å²) in [6.07, 6.45) is 1.11. The Hall–Kier alpha value is -1.88. The zero-order valence-electron chi connectivity index (χ0n) is 12.2. The quantitative estimate of drug-likeness (QED) is 0.938. The van der Waals surface area contributed by atoms with Crippen LogP contribution in [-0.4, -0.2) is 29.1 Å². The molecule has 21 heavy (non-hydrogen) atoms. The SMILES string of the molecule is CC1(C)CCN(c2nc(-c3ccccc3)c(C(=O)O)s2)C1. The molecule has 1 aliphatic heterocycles. The highest BCUT2D eigenvalue weighted by atomic mass is 32.1. The van der Waals surface area contributed by atoms with Crippen LogP contribution in [0.4, 0.5) is 5.13 Å². The Bertz CT molecular complexity index is 664. The maximum absolute atomic E-state index is 11.5. The number of anilines is 1. The normalized spacial score (nSPS) is 17.1. The van der Waals surface area contributed by atoms with E-state index in [4.69, 9.17) is 0 Å². The number of rotatable bonds is 3. The van der Waals surface area contributed by atoms with Crippen LogP contribution >= 0.6 is 11.3 Å². The van der Waals surface area contributed by atoms with Crippen LogP contribution in [0.3, 0.4) is 0 Å². The number of benzene rings is 1. The molecule has 1 N–H and O–H groups in total. The van der Waals surface area contributed by atoms with Crippen LogP contribution in [0, 0.1) is 5.41 Å². The maximum Gasteiger partial charge on any atom is 0.348 e. The lowest BCUT2D eigenvalue weighted by Gasteiger charge is -2.18. The topological polar surface area (TPSA) is 53.4 Å². The first-order valence-electron chi connectivity index (χ1n) is 7.01. The highest BCUT2D eigenvalue weighted by molar-refractivity contribution is 7.17. The number of hydrogen-bond donors (Lipinski definition) is 1. The zero-order valence-corrected chi connectivity index (χ0v) is 13.0. The first kappa shape index (κ1) is 14.1. The number of carbonyl (C=O) groups is 1. The maximum atomic E-state index is 11.5. The fourth-order valence-corrected chi connectivity index (χ4v) is 3.61. The van der Waals surface area contributed by atoms with Gasteiger partial charge in [-0.15, -0.1) is 0 Å². The van der Waals surface area contributed by atoms with Crippen LogP contribution < -0.4 is 4.90 Å². The smallest absolute Gasteiger partial charge is 0.348 e. The second-order valence-electron chi connectivity index (χ2n) is 6.18. The van der Waals surface area contributed by atoms with E-state index in [9.17, 15) is 9.90 Å². The predicted octanol–water partition coefficient (Wildman–Crippen LogP) is 3.74. The van der Waals surface area contributed by atoms with Gasteiger partial charge in [0.15, 0.2) is 5.13 Å². The number of carboxylic acid groups (broad SMARTS) is 1. The molecule has 4 nitrogen and oxygen atoms in total. The van der Waals surface area contributed by atoms with Gasteiger partial charge in [-0.25, -0.2) is 9.78 Å². The van der Waals surface area contributed by atoms with Crippen molar-refractivity contribution in [1.82, 2.24) is 4.98 Å². The monoisotopic (exact) mass is 302 g/mol. The first-order valence-corrected chi connectivity index (χ1v) is 7.82. The summed E-state index contributed by atoms with van der Waals surface area (Å²) < 4.78 is 0. The number of aromatic nitrogens is 1. The summed E-state index contributed by atoms with van der Waals surface area (Å²) in [5.74, 6) is -0.906. The Morgan fingerprint density at radius 2 is 2.05 bits per heavy atom. The van der Waals surface area contributed by atoms with Gasteiger partial charge >= 0.3 is 5.97 Å². The molecular weight excluding hydrogens is 284 g/mol. The van der Waals surface area contributed by atoms with Crippen LogP contribution in [0.25, 0.3) is 11.3 Å². The van der Waals surface area contributed by atoms with Gasteiger partial charge in [0.25, 0.3) is 0 Å². The van der Waals surface area contributed by atoms with Crippen molar-refractivity contribution in [2.45, 2.75) is 20.3 Å². The summed E-state index contributed by atoms with van der Waals surface area (Å²) in [7, 11) is 0. The van der Waals surface area contributed by atoms with Crippen molar-refractivity contribution < 1.29 is 9.90 Å². The number of thiazole rings is 1. The fourth-order valence-electron chi connectivity index (χ4n) is 2.66. The summed E-state index contributed by atoms with van der Waals surface area (Å²) >= 11 is 1.28. The molecule has 0 atom stereocenters. The molecule has 2 aromatic rings. The molecule has 1 aromatic heterocycles. The molecule has 110 valence electrons. The molecule has 3 rings (SSSR count). The summed E-state index contributed by atoms with van der Waals surface area (Å²) in [4.78, 5) is 18.6. The molecule has 0 aliphatic carbocycles. The first-order chi connectivity index (χ1) is 9.96. The lowest BCUT2D eigenvalue weighted by molar-refractivity contribution is 0.0702. The van der Waals surface area contributed by atoms with E-state index in [0.717, 1.165) is 30.2 Å². The van der Waals surface area contributed by atoms with Gasteiger partial charge < -0.3 is 10.0 Å². The van der Waals surface area contributed by atoms with Crippen molar-refractivity contribution >= 4 is 22.4 Å². The van der Waals surface area contributed by atoms with Crippen molar-refractivity contribution in [3.8, 4) is 11.3 Å². The highest BCUT2D eigenvalue weighted by Gasteiger charge is 2.32. The number of aromatic carboxylic acids is 1. The van der Waals surface area contributed by atoms with Crippen molar-refractivity contribution in [3.63, 3.8) is 0 Å². The van der Waals surface area contributed by atoms with Crippen molar-refractivity contribution in [1.29, 1.82) is 0 Å². The van der Waals surface area contributed by atoms with E-state index >= 15 is 0 Å². The lowest BCUT2D eigenvalue weighted by Crippen LogP contribution is -2.22. The van der Waals surface area contributed by atoms with Crippen LogP contribution in [0.1, 0.15) is 29.9 Å². The van der Waals surface area contributed by atoms with E-state index in [-0.39, 0.29) is 5.41 Å². The van der Waals surface area contributed by atoms with Gasteiger partial charge in [-0.2, -0.15) is 0 Å². The van der Waals surface area contributed by atoms with Crippen LogP contribution in [-0.2, 0) is 0 Å². The Kier molecular flexibility index (Phi) is 3.45. The van der Waals surface area contributed by atoms with E-state index in [0.29, 0.717) is 10.6 Å². The summed E-state index contributed by atoms with van der Waals surface area (Å²) in [5, 5.41) is 10.3. The van der Waals surface area contributed by atoms with Gasteiger partial charge in [-0.3, -0.25) is 0 Å². The van der Waals surface area contributed by atoms with Gasteiger partial charge in [0, 0.05) is 18.7 Å². The minimum Gasteiger partial charge on any atom is -0.477 e. The minimum atomic E-state index is -0.906. The molecular formula is C16H18N2O2S. The van der Waals surface area contributed by atoms with Crippen molar-refractivity contribution in [2.24, 2.45) is 5.41 Å². The molecule has 5 heteroatoms. The van der Waals surface area contributed by atoms with E-state index in [1.807, 2.05) is 30.3 Å². The minimum absolute atomic E-state index is 0.266. The Morgan fingerprint density at radius 3 is 2.62 bits per heavy atom. The Labute approximate surface area is 128 Å². The molecule has 1 saturated heterocycles. The van der Waals surface area contributed by atoms with Gasteiger partial charge in [0.1, 0.15) is 4.88 Å². The van der Waals surface area contributed by atoms with Crippen molar-refractivity contribution in [2.75, 3.05) is 18.0 Å². The van der Waals surface area contributed by atoms with E-state index in [1.54, 1.807) is 0 Å². The van der Waals surface area contributed by atoms with Crippen LogP contribution in [0.2, 0.25) is 0 Å². The van der Waals surface area contributed by atoms with Gasteiger partial charge in [-0.1, -0.05) is 55.5 Å². The molecule has 1 aliphatic rings. The molecule has 0 bridgehead atoms. The number of hydrogen-bond acceptors (Lipinski definition) is 4. The average molecular weight is 302 g/mol. The van der Waals surface area contributed by atoms with E-state index in [1.165, 1.54) is 11.3 Å². The third-order valence-corrected chi connectivity index (χ3v) is 4.91. The largest absolute Gasteiger partial charge is 0.477 e. The molecule has 1 aromatic carbocycles. The molecule has 1 fully saturated rings. The highest BCUT2D eigenvalue weighted by Crippen LogP contribution is 2.38. The summed E-state index contributed by atoms with van der Waals surface area (Å²) in [5.41, 5.74) is 1.70. The average Bonchev–Trinajstić information content (AvgIpc) is 3.03.